The third-order valence-corrected chi connectivity index (χ3v) is 5.02. The molecule has 2 N–H and O–H groups in total. The maximum atomic E-state index is 12.0. The van der Waals surface area contributed by atoms with E-state index in [0.717, 1.165) is 41.7 Å². The number of hydrogen-bond donors (Lipinski definition) is 2. The number of benzene rings is 2. The van der Waals surface area contributed by atoms with Crippen LogP contribution in [0.2, 0.25) is 0 Å². The maximum absolute atomic E-state index is 12.0. The Kier molecular flexibility index (Phi) is 3.93. The molecule has 0 saturated carbocycles. The summed E-state index contributed by atoms with van der Waals surface area (Å²) in [5, 5.41) is 10.6. The minimum atomic E-state index is 0.127. The van der Waals surface area contributed by atoms with E-state index in [9.17, 15) is 9.90 Å². The first-order valence-corrected chi connectivity index (χ1v) is 8.56. The number of phenols is 1. The van der Waals surface area contributed by atoms with Gasteiger partial charge in [-0.05, 0) is 24.3 Å². The molecule has 0 unspecified atom stereocenters. The first-order valence-electron chi connectivity index (χ1n) is 8.56. The molecular weight excluding hydrogens is 316 g/mol. The van der Waals surface area contributed by atoms with Crippen LogP contribution in [0.25, 0.3) is 10.9 Å². The molecule has 1 fully saturated rings. The molecule has 0 radical (unpaired) electrons. The Balaban J connectivity index is 1.53. The molecule has 1 saturated heterocycles. The number of para-hydroxylation sites is 1. The molecule has 5 heteroatoms. The van der Waals surface area contributed by atoms with Crippen molar-refractivity contribution in [1.29, 1.82) is 0 Å². The van der Waals surface area contributed by atoms with Gasteiger partial charge in [-0.2, -0.15) is 0 Å². The lowest BCUT2D eigenvalue weighted by atomic mass is 10.1. The fourth-order valence-electron chi connectivity index (χ4n) is 3.56. The summed E-state index contributed by atoms with van der Waals surface area (Å²) in [6.07, 6.45) is 2.77. The van der Waals surface area contributed by atoms with Gasteiger partial charge < -0.3 is 14.8 Å². The number of aromatic amines is 1. The van der Waals surface area contributed by atoms with Gasteiger partial charge in [-0.1, -0.05) is 18.2 Å². The SMILES string of the molecule is O=C[N+]1(c2cc3ccc(O)cc3[nH]2)CCC(Oc2ccccc2)CC1. The average Bonchev–Trinajstić information content (AvgIpc) is 3.07. The zero-order valence-corrected chi connectivity index (χ0v) is 13.9. The summed E-state index contributed by atoms with van der Waals surface area (Å²) in [4.78, 5) is 15.3. The van der Waals surface area contributed by atoms with Gasteiger partial charge in [0.05, 0.1) is 18.6 Å². The number of H-pyrrole nitrogens is 1. The zero-order chi connectivity index (χ0) is 17.3. The number of rotatable bonds is 4. The highest BCUT2D eigenvalue weighted by molar-refractivity contribution is 5.86. The van der Waals surface area contributed by atoms with Crippen LogP contribution in [0.3, 0.4) is 0 Å². The second-order valence-electron chi connectivity index (χ2n) is 6.64. The second-order valence-corrected chi connectivity index (χ2v) is 6.64. The van der Waals surface area contributed by atoms with Crippen LogP contribution in [-0.2, 0) is 4.79 Å². The van der Waals surface area contributed by atoms with Crippen molar-refractivity contribution in [1.82, 2.24) is 9.47 Å². The number of hydrogen-bond acceptors (Lipinski definition) is 3. The summed E-state index contributed by atoms with van der Waals surface area (Å²) in [6, 6.07) is 17.0. The largest absolute Gasteiger partial charge is 0.508 e. The third kappa shape index (κ3) is 2.98. The number of fused-ring (bicyclic) bond motifs is 1. The van der Waals surface area contributed by atoms with Gasteiger partial charge in [-0.15, -0.1) is 0 Å². The third-order valence-electron chi connectivity index (χ3n) is 5.02. The van der Waals surface area contributed by atoms with Crippen LogP contribution < -0.4 is 9.22 Å². The number of nitrogens with zero attached hydrogens (tertiary/aromatic N) is 1. The Morgan fingerprint density at radius 2 is 1.84 bits per heavy atom. The van der Waals surface area contributed by atoms with Gasteiger partial charge in [0.2, 0.25) is 5.82 Å². The quantitative estimate of drug-likeness (QED) is 0.565. The average molecular weight is 337 g/mol. The molecule has 5 nitrogen and oxygen atoms in total. The van der Waals surface area contributed by atoms with E-state index in [1.165, 1.54) is 0 Å². The Morgan fingerprint density at radius 1 is 1.08 bits per heavy atom. The van der Waals surface area contributed by atoms with Gasteiger partial charge in [0, 0.05) is 30.4 Å². The molecule has 4 rings (SSSR count). The minimum absolute atomic E-state index is 0.127. The molecule has 1 amide bonds. The van der Waals surface area contributed by atoms with Crippen molar-refractivity contribution in [3.8, 4) is 11.5 Å². The Morgan fingerprint density at radius 3 is 2.56 bits per heavy atom. The van der Waals surface area contributed by atoms with Crippen LogP contribution in [0.15, 0.2) is 54.6 Å². The summed E-state index contributed by atoms with van der Waals surface area (Å²) in [5.41, 5.74) is 0.844. The van der Waals surface area contributed by atoms with Crippen LogP contribution in [0.5, 0.6) is 11.5 Å². The number of aromatic hydroxyl groups is 1. The van der Waals surface area contributed by atoms with Crippen LogP contribution in [0.4, 0.5) is 5.82 Å². The summed E-state index contributed by atoms with van der Waals surface area (Å²) in [6.45, 7) is 1.39. The fraction of sp³-hybridized carbons (Fsp3) is 0.250. The van der Waals surface area contributed by atoms with Gasteiger partial charge in [-0.25, -0.2) is 9.28 Å². The van der Waals surface area contributed by atoms with Crippen molar-refractivity contribution in [2.24, 2.45) is 0 Å². The van der Waals surface area contributed by atoms with E-state index < -0.39 is 0 Å². The normalized spacial score (nSPS) is 23.4. The highest BCUT2D eigenvalue weighted by atomic mass is 16.5. The van der Waals surface area contributed by atoms with Gasteiger partial charge >= 0.3 is 6.41 Å². The van der Waals surface area contributed by atoms with Crippen LogP contribution in [-0.4, -0.2) is 35.7 Å². The molecule has 0 atom stereocenters. The number of ether oxygens (including phenoxy) is 1. The van der Waals surface area contributed by atoms with Crippen molar-refractivity contribution in [3.63, 3.8) is 0 Å². The number of quaternary nitrogens is 1. The van der Waals surface area contributed by atoms with E-state index in [0.29, 0.717) is 13.1 Å². The van der Waals surface area contributed by atoms with Crippen molar-refractivity contribution >= 4 is 23.1 Å². The highest BCUT2D eigenvalue weighted by Crippen LogP contribution is 2.32. The van der Waals surface area contributed by atoms with Gasteiger partial charge in [-0.3, -0.25) is 0 Å². The molecule has 1 aliphatic heterocycles. The first kappa shape index (κ1) is 15.7. The molecule has 25 heavy (non-hydrogen) atoms. The van der Waals surface area contributed by atoms with Gasteiger partial charge in [0.1, 0.15) is 17.6 Å². The van der Waals surface area contributed by atoms with E-state index in [4.69, 9.17) is 4.74 Å². The predicted molar refractivity (Wildman–Crippen MR) is 97.6 cm³/mol. The van der Waals surface area contributed by atoms with Crippen LogP contribution in [0.1, 0.15) is 12.8 Å². The Bertz CT molecular complexity index is 880. The molecule has 1 aliphatic rings. The summed E-state index contributed by atoms with van der Waals surface area (Å²) in [7, 11) is 0. The predicted octanol–water partition coefficient (Wildman–Crippen LogP) is 3.58. The van der Waals surface area contributed by atoms with E-state index in [1.807, 2.05) is 42.5 Å². The fourth-order valence-corrected chi connectivity index (χ4v) is 3.56. The van der Waals surface area contributed by atoms with Crippen molar-refractivity contribution in [2.45, 2.75) is 18.9 Å². The van der Waals surface area contributed by atoms with E-state index >= 15 is 0 Å². The molecule has 3 aromatic rings. The topological polar surface area (TPSA) is 62.3 Å². The second kappa shape index (κ2) is 6.26. The number of aromatic nitrogens is 1. The summed E-state index contributed by atoms with van der Waals surface area (Å²) in [5.74, 6) is 1.96. The van der Waals surface area contributed by atoms with Crippen LogP contribution >= 0.6 is 0 Å². The van der Waals surface area contributed by atoms with Crippen molar-refractivity contribution in [3.05, 3.63) is 54.6 Å². The number of phenolic OH excluding ortho intramolecular Hbond substituents is 1. The number of amides is 1. The number of nitrogens with one attached hydrogen (secondary N) is 1. The maximum Gasteiger partial charge on any atom is 0.307 e. The summed E-state index contributed by atoms with van der Waals surface area (Å²) < 4.78 is 6.30. The molecule has 0 aliphatic carbocycles. The summed E-state index contributed by atoms with van der Waals surface area (Å²) >= 11 is 0. The molecule has 2 aromatic carbocycles. The monoisotopic (exact) mass is 337 g/mol. The number of carbonyl (C=O) groups is 1. The molecule has 128 valence electrons. The van der Waals surface area contributed by atoms with Crippen molar-refractivity contribution in [2.75, 3.05) is 13.1 Å². The molecular formula is C20H21N2O3+. The zero-order valence-electron chi connectivity index (χ0n) is 13.9. The Hall–Kier alpha value is -2.79. The smallest absolute Gasteiger partial charge is 0.307 e. The lowest BCUT2D eigenvalue weighted by Crippen LogP contribution is -2.55. The van der Waals surface area contributed by atoms with E-state index in [-0.39, 0.29) is 16.3 Å². The molecule has 2 heterocycles. The van der Waals surface area contributed by atoms with E-state index in [1.54, 1.807) is 12.1 Å². The van der Waals surface area contributed by atoms with Gasteiger partial charge in [0.25, 0.3) is 0 Å². The number of piperidine rings is 1. The van der Waals surface area contributed by atoms with E-state index in [2.05, 4.69) is 4.98 Å². The number of likely N-dealkylation sites (tertiary alicyclic amines) is 1. The first-order chi connectivity index (χ1) is 12.2. The lowest BCUT2D eigenvalue weighted by Gasteiger charge is -2.36. The number of carbonyl (C=O) groups excluding carboxylic acids is 1. The molecule has 1 aromatic heterocycles. The molecule has 0 spiro atoms. The standard InChI is InChI=1S/C20H20N2O3/c23-14-22(20-12-15-6-7-16(24)13-19(15)21-20)10-8-18(9-11-22)25-17-4-2-1-3-5-17/h1-7,12-14,18,21H,8-11H2/p+1. The molecule has 0 bridgehead atoms. The van der Waals surface area contributed by atoms with Crippen molar-refractivity contribution < 1.29 is 14.6 Å². The minimum Gasteiger partial charge on any atom is -0.508 e. The highest BCUT2D eigenvalue weighted by Gasteiger charge is 2.38. The Labute approximate surface area is 146 Å². The van der Waals surface area contributed by atoms with Gasteiger partial charge in [0.15, 0.2) is 0 Å². The lowest BCUT2D eigenvalue weighted by molar-refractivity contribution is -0.119. The van der Waals surface area contributed by atoms with Crippen LogP contribution in [0, 0.1) is 0 Å².